The van der Waals surface area contributed by atoms with Gasteiger partial charge in [-0.2, -0.15) is 0 Å². The zero-order chi connectivity index (χ0) is 38.6. The Hall–Kier alpha value is -7.67. The molecule has 13 rings (SSSR count). The summed E-state index contributed by atoms with van der Waals surface area (Å²) in [5.74, 6) is 1.94. The minimum Gasteiger partial charge on any atom is -0.456 e. The number of thiophene rings is 1. The number of benzene rings is 9. The number of hydrogen-bond donors (Lipinski definition) is 0. The number of furan rings is 1. The van der Waals surface area contributed by atoms with E-state index in [9.17, 15) is 0 Å². The van der Waals surface area contributed by atoms with Crippen molar-refractivity contribution in [3.63, 3.8) is 0 Å². The maximum absolute atomic E-state index is 6.65. The van der Waals surface area contributed by atoms with E-state index in [1.807, 2.05) is 18.2 Å². The summed E-state index contributed by atoms with van der Waals surface area (Å²) >= 11 is 1.78. The number of fused-ring (bicyclic) bond motifs is 12. The van der Waals surface area contributed by atoms with E-state index in [1.165, 1.54) is 52.8 Å². The maximum atomic E-state index is 6.65. The Labute approximate surface area is 341 Å². The number of para-hydroxylation sites is 1. The first kappa shape index (κ1) is 32.4. The van der Waals surface area contributed by atoms with Crippen molar-refractivity contribution in [1.29, 1.82) is 0 Å². The summed E-state index contributed by atoms with van der Waals surface area (Å²) in [6.45, 7) is 0. The van der Waals surface area contributed by atoms with Crippen molar-refractivity contribution >= 4 is 96.8 Å². The van der Waals surface area contributed by atoms with E-state index in [-0.39, 0.29) is 0 Å². The smallest absolute Gasteiger partial charge is 0.165 e. The van der Waals surface area contributed by atoms with Crippen LogP contribution in [0.3, 0.4) is 0 Å². The maximum Gasteiger partial charge on any atom is 0.165 e. The topological polar surface area (TPSA) is 56.7 Å². The molecule has 0 amide bonds. The lowest BCUT2D eigenvalue weighted by Crippen LogP contribution is -2.00. The van der Waals surface area contributed by atoms with Gasteiger partial charge in [0.05, 0.1) is 11.0 Å². The van der Waals surface area contributed by atoms with E-state index in [1.54, 1.807) is 11.3 Å². The lowest BCUT2D eigenvalue weighted by atomic mass is 10.0. The Kier molecular flexibility index (Phi) is 6.82. The van der Waals surface area contributed by atoms with Gasteiger partial charge >= 0.3 is 0 Å². The average molecular weight is 771 g/mol. The molecule has 4 heterocycles. The summed E-state index contributed by atoms with van der Waals surface area (Å²) in [6.07, 6.45) is 0. The van der Waals surface area contributed by atoms with Crippen molar-refractivity contribution < 1.29 is 4.42 Å². The van der Waals surface area contributed by atoms with Gasteiger partial charge in [-0.15, -0.1) is 11.3 Å². The summed E-state index contributed by atoms with van der Waals surface area (Å²) in [6, 6.07) is 64.4. The molecule has 0 fully saturated rings. The second-order valence-electron chi connectivity index (χ2n) is 15.2. The van der Waals surface area contributed by atoms with Crippen molar-refractivity contribution in [3.8, 4) is 39.9 Å². The van der Waals surface area contributed by atoms with Crippen LogP contribution in [0.2, 0.25) is 0 Å². The van der Waals surface area contributed by atoms with Gasteiger partial charge in [-0.3, -0.25) is 0 Å². The first-order valence-corrected chi connectivity index (χ1v) is 20.6. The molecule has 9 aromatic carbocycles. The predicted molar refractivity (Wildman–Crippen MR) is 246 cm³/mol. The van der Waals surface area contributed by atoms with Gasteiger partial charge in [0.1, 0.15) is 11.2 Å². The molecule has 4 aromatic heterocycles. The SMILES string of the molecule is c1ccc(-c2nc(-c3ccc4c(ccc5oc6cc(-n7c8ccccc8c8cc9ccccc9cc87)ccc6c54)c3)nc(-c3cccc4c3sc3ccccc34)n2)cc1. The van der Waals surface area contributed by atoms with Gasteiger partial charge < -0.3 is 8.98 Å². The summed E-state index contributed by atoms with van der Waals surface area (Å²) in [4.78, 5) is 15.4. The van der Waals surface area contributed by atoms with Crippen LogP contribution in [0, 0.1) is 0 Å². The Morgan fingerprint density at radius 3 is 2.03 bits per heavy atom. The van der Waals surface area contributed by atoms with Crippen LogP contribution in [0.15, 0.2) is 186 Å². The van der Waals surface area contributed by atoms with Crippen molar-refractivity contribution in [2.75, 3.05) is 0 Å². The van der Waals surface area contributed by atoms with Gasteiger partial charge in [-0.05, 0) is 76.1 Å². The molecule has 5 nitrogen and oxygen atoms in total. The van der Waals surface area contributed by atoms with E-state index in [4.69, 9.17) is 19.4 Å². The van der Waals surface area contributed by atoms with Crippen LogP contribution in [0.1, 0.15) is 0 Å². The van der Waals surface area contributed by atoms with Crippen LogP contribution in [-0.4, -0.2) is 19.5 Å². The monoisotopic (exact) mass is 770 g/mol. The third-order valence-electron chi connectivity index (χ3n) is 11.8. The van der Waals surface area contributed by atoms with Crippen LogP contribution < -0.4 is 0 Å². The van der Waals surface area contributed by atoms with Gasteiger partial charge in [0.2, 0.25) is 0 Å². The van der Waals surface area contributed by atoms with Crippen LogP contribution in [0.5, 0.6) is 0 Å². The quantitative estimate of drug-likeness (QED) is 0.179. The molecule has 0 saturated carbocycles. The Balaban J connectivity index is 0.962. The average Bonchev–Trinajstić information content (AvgIpc) is 3.97. The number of rotatable bonds is 4. The highest BCUT2D eigenvalue weighted by Gasteiger charge is 2.19. The minimum atomic E-state index is 0.634. The Bertz CT molecular complexity index is 3860. The largest absolute Gasteiger partial charge is 0.456 e. The number of aromatic nitrogens is 4. The van der Waals surface area contributed by atoms with E-state index >= 15 is 0 Å². The zero-order valence-corrected chi connectivity index (χ0v) is 32.2. The molecule has 59 heavy (non-hydrogen) atoms. The lowest BCUT2D eigenvalue weighted by Gasteiger charge is -2.10. The molecule has 0 saturated heterocycles. The van der Waals surface area contributed by atoms with E-state index in [0.29, 0.717) is 17.5 Å². The minimum absolute atomic E-state index is 0.634. The van der Waals surface area contributed by atoms with Crippen LogP contribution in [0.4, 0.5) is 0 Å². The lowest BCUT2D eigenvalue weighted by molar-refractivity contribution is 0.669. The highest BCUT2D eigenvalue weighted by molar-refractivity contribution is 7.26. The molecular weight excluding hydrogens is 741 g/mol. The van der Waals surface area contributed by atoms with Gasteiger partial charge in [-0.1, -0.05) is 121 Å². The standard InChI is InChI=1S/C53H30N4OS/c1-2-11-31(12-3-1)51-54-52(56-53(55-51)42-18-10-17-40-39-16-7-9-20-48(39)59-50(40)42)35-21-24-37-34(27-35)22-26-46-49(37)41-25-23-36(30-47(41)58-46)57-44-19-8-6-15-38(44)43-28-32-13-4-5-14-33(32)29-45(43)57/h1-30H. The fourth-order valence-electron chi connectivity index (χ4n) is 9.07. The molecule has 0 aliphatic heterocycles. The van der Waals surface area contributed by atoms with E-state index in [2.05, 4.69) is 168 Å². The number of nitrogens with zero attached hydrogens (tertiary/aromatic N) is 4. The molecule has 6 heteroatoms. The third-order valence-corrected chi connectivity index (χ3v) is 13.0. The molecule has 0 spiro atoms. The summed E-state index contributed by atoms with van der Waals surface area (Å²) in [7, 11) is 0. The molecule has 0 radical (unpaired) electrons. The molecule has 0 bridgehead atoms. The molecular formula is C53H30N4OS. The predicted octanol–water partition coefficient (Wildman–Crippen LogP) is 14.5. The summed E-state index contributed by atoms with van der Waals surface area (Å²) in [5, 5.41) is 11.8. The van der Waals surface area contributed by atoms with Gasteiger partial charge in [-0.25, -0.2) is 15.0 Å². The van der Waals surface area contributed by atoms with Crippen LogP contribution in [-0.2, 0) is 0 Å². The molecule has 0 N–H and O–H groups in total. The van der Waals surface area contributed by atoms with Gasteiger partial charge in [0.15, 0.2) is 17.5 Å². The third kappa shape index (κ3) is 4.94. The molecule has 0 atom stereocenters. The zero-order valence-electron chi connectivity index (χ0n) is 31.4. The Morgan fingerprint density at radius 1 is 0.407 bits per heavy atom. The molecule has 13 aromatic rings. The van der Waals surface area contributed by atoms with E-state index < -0.39 is 0 Å². The highest BCUT2D eigenvalue weighted by atomic mass is 32.1. The van der Waals surface area contributed by atoms with Crippen molar-refractivity contribution in [1.82, 2.24) is 19.5 Å². The Morgan fingerprint density at radius 2 is 1.14 bits per heavy atom. The van der Waals surface area contributed by atoms with Gasteiger partial charge in [0, 0.05) is 70.2 Å². The highest BCUT2D eigenvalue weighted by Crippen LogP contribution is 2.42. The summed E-state index contributed by atoms with van der Waals surface area (Å²) in [5.41, 5.74) is 8.00. The van der Waals surface area contributed by atoms with Crippen molar-refractivity contribution in [3.05, 3.63) is 182 Å². The van der Waals surface area contributed by atoms with Crippen LogP contribution >= 0.6 is 11.3 Å². The molecule has 0 aliphatic rings. The fourth-order valence-corrected chi connectivity index (χ4v) is 10.3. The van der Waals surface area contributed by atoms with E-state index in [0.717, 1.165) is 55.1 Å². The van der Waals surface area contributed by atoms with Gasteiger partial charge in [0.25, 0.3) is 0 Å². The normalized spacial score (nSPS) is 12.1. The number of hydrogen-bond acceptors (Lipinski definition) is 5. The first-order valence-electron chi connectivity index (χ1n) is 19.8. The second kappa shape index (κ2) is 12.4. The molecule has 0 unspecified atom stereocenters. The molecule has 274 valence electrons. The van der Waals surface area contributed by atoms with Crippen LogP contribution in [0.25, 0.3) is 125 Å². The van der Waals surface area contributed by atoms with Crippen molar-refractivity contribution in [2.45, 2.75) is 0 Å². The fraction of sp³-hybridized carbons (Fsp3) is 0. The van der Waals surface area contributed by atoms with Crippen molar-refractivity contribution in [2.24, 2.45) is 0 Å². The second-order valence-corrected chi connectivity index (χ2v) is 16.2. The molecule has 0 aliphatic carbocycles. The first-order chi connectivity index (χ1) is 29.2. The summed E-state index contributed by atoms with van der Waals surface area (Å²) < 4.78 is 11.4.